The van der Waals surface area contributed by atoms with Crippen LogP contribution in [0, 0.1) is 0 Å². The molecule has 21 heavy (non-hydrogen) atoms. The number of phenolic OH excluding ortho intramolecular Hbond substituents is 1. The average Bonchev–Trinajstić information content (AvgIpc) is 2.88. The molecule has 0 amide bonds. The van der Waals surface area contributed by atoms with Gasteiger partial charge in [0, 0.05) is 28.8 Å². The largest absolute Gasteiger partial charge is 0.508 e. The van der Waals surface area contributed by atoms with Gasteiger partial charge < -0.3 is 19.9 Å². The molecule has 1 aliphatic rings. The Balaban J connectivity index is 1.76. The van der Waals surface area contributed by atoms with E-state index in [1.807, 2.05) is 24.3 Å². The number of methoxy groups -OCH3 is 1. The fraction of sp³-hybridized carbons (Fsp3) is 0.250. The van der Waals surface area contributed by atoms with Crippen molar-refractivity contribution < 1.29 is 14.6 Å². The van der Waals surface area contributed by atoms with E-state index in [9.17, 15) is 5.11 Å². The van der Waals surface area contributed by atoms with Gasteiger partial charge in [0.15, 0.2) is 0 Å². The normalized spacial score (nSPS) is 16.4. The van der Waals surface area contributed by atoms with Crippen LogP contribution in [0.1, 0.15) is 17.2 Å². The van der Waals surface area contributed by atoms with E-state index >= 15 is 0 Å². The summed E-state index contributed by atoms with van der Waals surface area (Å²) in [5.74, 6) is 1.70. The highest BCUT2D eigenvalue weighted by molar-refractivity contribution is 6.31. The summed E-state index contributed by atoms with van der Waals surface area (Å²) in [5.41, 5.74) is 1.97. The lowest BCUT2D eigenvalue weighted by atomic mass is 10.1. The highest BCUT2D eigenvalue weighted by atomic mass is 35.5. The SMILES string of the molecule is COc1cccc(Cl)c1CNC1COc2cc(O)ccc21. The molecular formula is C16H16ClNO3. The molecule has 0 aromatic heterocycles. The first kappa shape index (κ1) is 14.0. The van der Waals surface area contributed by atoms with Gasteiger partial charge in [0.05, 0.1) is 13.2 Å². The van der Waals surface area contributed by atoms with E-state index < -0.39 is 0 Å². The van der Waals surface area contributed by atoms with Crippen molar-refractivity contribution >= 4 is 11.6 Å². The molecular weight excluding hydrogens is 290 g/mol. The molecule has 3 rings (SSSR count). The van der Waals surface area contributed by atoms with Crippen LogP contribution in [-0.2, 0) is 6.54 Å². The van der Waals surface area contributed by atoms with Crippen molar-refractivity contribution in [2.24, 2.45) is 0 Å². The molecule has 0 spiro atoms. The van der Waals surface area contributed by atoms with E-state index in [-0.39, 0.29) is 11.8 Å². The van der Waals surface area contributed by atoms with Crippen LogP contribution >= 0.6 is 11.6 Å². The van der Waals surface area contributed by atoms with Gasteiger partial charge in [0.1, 0.15) is 23.9 Å². The lowest BCUT2D eigenvalue weighted by Gasteiger charge is -2.15. The predicted molar refractivity (Wildman–Crippen MR) is 81.2 cm³/mol. The van der Waals surface area contributed by atoms with Crippen LogP contribution in [0.5, 0.6) is 17.2 Å². The molecule has 2 aromatic carbocycles. The maximum atomic E-state index is 9.46. The fourth-order valence-electron chi connectivity index (χ4n) is 2.49. The Morgan fingerprint density at radius 1 is 1.38 bits per heavy atom. The number of halogens is 1. The zero-order valence-electron chi connectivity index (χ0n) is 11.6. The number of ether oxygens (including phenoxy) is 2. The first-order valence-electron chi connectivity index (χ1n) is 6.69. The van der Waals surface area contributed by atoms with Crippen molar-refractivity contribution in [1.82, 2.24) is 5.32 Å². The van der Waals surface area contributed by atoms with Gasteiger partial charge >= 0.3 is 0 Å². The molecule has 0 saturated carbocycles. The zero-order valence-corrected chi connectivity index (χ0v) is 12.4. The molecule has 0 saturated heterocycles. The Morgan fingerprint density at radius 3 is 3.05 bits per heavy atom. The first-order valence-corrected chi connectivity index (χ1v) is 7.07. The van der Waals surface area contributed by atoms with Crippen LogP contribution in [0.4, 0.5) is 0 Å². The summed E-state index contributed by atoms with van der Waals surface area (Å²) in [6, 6.07) is 10.8. The number of fused-ring (bicyclic) bond motifs is 1. The van der Waals surface area contributed by atoms with Crippen LogP contribution in [0.3, 0.4) is 0 Å². The summed E-state index contributed by atoms with van der Waals surface area (Å²) in [5, 5.41) is 13.6. The van der Waals surface area contributed by atoms with Crippen molar-refractivity contribution in [3.63, 3.8) is 0 Å². The van der Waals surface area contributed by atoms with Gasteiger partial charge in [-0.05, 0) is 24.3 Å². The number of aromatic hydroxyl groups is 1. The Kier molecular flexibility index (Phi) is 3.90. The van der Waals surface area contributed by atoms with Crippen LogP contribution in [0.15, 0.2) is 36.4 Å². The highest BCUT2D eigenvalue weighted by Crippen LogP contribution is 2.35. The van der Waals surface area contributed by atoms with E-state index in [1.54, 1.807) is 19.2 Å². The Morgan fingerprint density at radius 2 is 2.24 bits per heavy atom. The minimum absolute atomic E-state index is 0.0709. The molecule has 0 radical (unpaired) electrons. The van der Waals surface area contributed by atoms with Crippen molar-refractivity contribution in [1.29, 1.82) is 0 Å². The number of nitrogens with one attached hydrogen (secondary N) is 1. The van der Waals surface area contributed by atoms with Gasteiger partial charge in [0.25, 0.3) is 0 Å². The minimum Gasteiger partial charge on any atom is -0.508 e. The van der Waals surface area contributed by atoms with Crippen LogP contribution in [0.2, 0.25) is 5.02 Å². The maximum Gasteiger partial charge on any atom is 0.127 e. The van der Waals surface area contributed by atoms with Crippen molar-refractivity contribution in [2.75, 3.05) is 13.7 Å². The van der Waals surface area contributed by atoms with Crippen LogP contribution < -0.4 is 14.8 Å². The number of hydrogen-bond acceptors (Lipinski definition) is 4. The van der Waals surface area contributed by atoms with Crippen molar-refractivity contribution in [3.05, 3.63) is 52.5 Å². The molecule has 4 nitrogen and oxygen atoms in total. The van der Waals surface area contributed by atoms with E-state index in [2.05, 4.69) is 5.32 Å². The maximum absolute atomic E-state index is 9.46. The zero-order chi connectivity index (χ0) is 14.8. The third kappa shape index (κ3) is 2.77. The molecule has 1 unspecified atom stereocenters. The first-order chi connectivity index (χ1) is 10.2. The predicted octanol–water partition coefficient (Wildman–Crippen LogP) is 3.28. The fourth-order valence-corrected chi connectivity index (χ4v) is 2.73. The second-order valence-corrected chi connectivity index (χ2v) is 5.29. The van der Waals surface area contributed by atoms with Crippen molar-refractivity contribution in [2.45, 2.75) is 12.6 Å². The summed E-state index contributed by atoms with van der Waals surface area (Å²) in [4.78, 5) is 0. The molecule has 2 N–H and O–H groups in total. The number of phenols is 1. The molecule has 5 heteroatoms. The molecule has 0 aliphatic carbocycles. The molecule has 0 bridgehead atoms. The number of hydrogen-bond donors (Lipinski definition) is 2. The lowest BCUT2D eigenvalue weighted by molar-refractivity contribution is 0.308. The van der Waals surface area contributed by atoms with Gasteiger partial charge in [-0.25, -0.2) is 0 Å². The average molecular weight is 306 g/mol. The molecule has 1 heterocycles. The summed E-state index contributed by atoms with van der Waals surface area (Å²) in [6.07, 6.45) is 0. The monoisotopic (exact) mass is 305 g/mol. The molecule has 1 atom stereocenters. The quantitative estimate of drug-likeness (QED) is 0.910. The van der Waals surface area contributed by atoms with Gasteiger partial charge in [-0.15, -0.1) is 0 Å². The third-order valence-electron chi connectivity index (χ3n) is 3.60. The van der Waals surface area contributed by atoms with Gasteiger partial charge in [-0.3, -0.25) is 0 Å². The minimum atomic E-state index is 0.0709. The Hall–Kier alpha value is -1.91. The Labute approximate surface area is 128 Å². The van der Waals surface area contributed by atoms with Crippen LogP contribution in [-0.4, -0.2) is 18.8 Å². The summed E-state index contributed by atoms with van der Waals surface area (Å²) < 4.78 is 10.9. The van der Waals surface area contributed by atoms with Crippen molar-refractivity contribution in [3.8, 4) is 17.2 Å². The third-order valence-corrected chi connectivity index (χ3v) is 3.95. The summed E-state index contributed by atoms with van der Waals surface area (Å²) >= 11 is 6.23. The second-order valence-electron chi connectivity index (χ2n) is 4.89. The number of benzene rings is 2. The number of rotatable bonds is 4. The molecule has 1 aliphatic heterocycles. The lowest BCUT2D eigenvalue weighted by Crippen LogP contribution is -2.22. The van der Waals surface area contributed by atoms with Gasteiger partial charge in [0.2, 0.25) is 0 Å². The molecule has 0 fully saturated rings. The van der Waals surface area contributed by atoms with E-state index in [4.69, 9.17) is 21.1 Å². The molecule has 2 aromatic rings. The van der Waals surface area contributed by atoms with Gasteiger partial charge in [-0.1, -0.05) is 17.7 Å². The van der Waals surface area contributed by atoms with E-state index in [0.717, 1.165) is 22.6 Å². The smallest absolute Gasteiger partial charge is 0.127 e. The van der Waals surface area contributed by atoms with E-state index in [1.165, 1.54) is 0 Å². The molecule has 110 valence electrons. The van der Waals surface area contributed by atoms with Gasteiger partial charge in [-0.2, -0.15) is 0 Å². The Bertz CT molecular complexity index is 660. The topological polar surface area (TPSA) is 50.7 Å². The second kappa shape index (κ2) is 5.84. The van der Waals surface area contributed by atoms with E-state index in [0.29, 0.717) is 18.2 Å². The van der Waals surface area contributed by atoms with Crippen LogP contribution in [0.25, 0.3) is 0 Å². The summed E-state index contributed by atoms with van der Waals surface area (Å²) in [7, 11) is 1.63. The summed E-state index contributed by atoms with van der Waals surface area (Å²) in [6.45, 7) is 1.11. The highest BCUT2D eigenvalue weighted by Gasteiger charge is 2.24. The standard InChI is InChI=1S/C16H16ClNO3/c1-20-15-4-2-3-13(17)12(15)8-18-14-9-21-16-7-10(19)5-6-11(14)16/h2-7,14,18-19H,8-9H2,1H3.